The number of benzene rings is 2. The molecule has 1 saturated carbocycles. The first-order chi connectivity index (χ1) is 14.2. The van der Waals surface area contributed by atoms with E-state index in [1.165, 1.54) is 24.8 Å². The molecule has 4 heteroatoms. The Morgan fingerprint density at radius 1 is 0.867 bits per heavy atom. The molecule has 0 heterocycles. The van der Waals surface area contributed by atoms with Crippen LogP contribution in [0.1, 0.15) is 52.9 Å². The van der Waals surface area contributed by atoms with Gasteiger partial charge in [-0.2, -0.15) is 0 Å². The van der Waals surface area contributed by atoms with E-state index in [1.54, 1.807) is 0 Å². The third kappa shape index (κ3) is 4.90. The Morgan fingerprint density at radius 2 is 1.33 bits per heavy atom. The van der Waals surface area contributed by atoms with E-state index >= 15 is 4.57 Å². The second-order valence-electron chi connectivity index (χ2n) is 9.94. The highest BCUT2D eigenvalue weighted by Crippen LogP contribution is 2.55. The van der Waals surface area contributed by atoms with Crippen LogP contribution in [0.5, 0.6) is 0 Å². The molecule has 2 nitrogen and oxygen atoms in total. The second-order valence-corrected chi connectivity index (χ2v) is 17.5. The Morgan fingerprint density at radius 3 is 1.77 bits per heavy atom. The maximum absolute atomic E-state index is 15.1. The highest BCUT2D eigenvalue weighted by molar-refractivity contribution is 7.82. The summed E-state index contributed by atoms with van der Waals surface area (Å²) in [5.41, 5.74) is 1.37. The standard InChI is InChI=1S/C26H37O2PSi/c1-26(2,3)30(4,5)28-21-25(22-15-9-6-10-16-22)29(27,23-17-11-7-12-18-23)24-19-13-8-14-20-24/h7-8,11-14,17-20H,6,9-10,15-16,21H2,1-5H3. The maximum Gasteiger partial charge on any atom is 0.192 e. The van der Waals surface area contributed by atoms with E-state index in [-0.39, 0.29) is 5.04 Å². The highest BCUT2D eigenvalue weighted by Gasteiger charge is 2.40. The van der Waals surface area contributed by atoms with Gasteiger partial charge in [0.2, 0.25) is 0 Å². The van der Waals surface area contributed by atoms with Gasteiger partial charge in [0.05, 0.1) is 6.61 Å². The molecule has 1 fully saturated rings. The van der Waals surface area contributed by atoms with Gasteiger partial charge in [0, 0.05) is 15.9 Å². The quantitative estimate of drug-likeness (QED) is 0.349. The van der Waals surface area contributed by atoms with Gasteiger partial charge in [-0.1, -0.05) is 93.4 Å². The van der Waals surface area contributed by atoms with Gasteiger partial charge in [-0.05, 0) is 43.8 Å². The van der Waals surface area contributed by atoms with Crippen molar-refractivity contribution in [3.05, 3.63) is 71.6 Å². The second kappa shape index (κ2) is 9.38. The third-order valence-electron chi connectivity index (χ3n) is 6.86. The summed E-state index contributed by atoms with van der Waals surface area (Å²) < 4.78 is 21.8. The summed E-state index contributed by atoms with van der Waals surface area (Å²) in [7, 11) is -4.93. The van der Waals surface area contributed by atoms with Crippen LogP contribution in [0, 0.1) is 0 Å². The first kappa shape index (κ1) is 23.3. The van der Waals surface area contributed by atoms with Gasteiger partial charge in [-0.25, -0.2) is 0 Å². The van der Waals surface area contributed by atoms with Crippen molar-refractivity contribution >= 4 is 26.1 Å². The van der Waals surface area contributed by atoms with Gasteiger partial charge >= 0.3 is 0 Å². The van der Waals surface area contributed by atoms with Crippen molar-refractivity contribution in [1.82, 2.24) is 0 Å². The molecule has 0 aliphatic heterocycles. The van der Waals surface area contributed by atoms with Crippen LogP contribution in [0.4, 0.5) is 0 Å². The van der Waals surface area contributed by atoms with Gasteiger partial charge in [0.1, 0.15) is 0 Å². The van der Waals surface area contributed by atoms with E-state index in [1.807, 2.05) is 60.7 Å². The largest absolute Gasteiger partial charge is 0.412 e. The topological polar surface area (TPSA) is 26.3 Å². The minimum absolute atomic E-state index is 0.124. The van der Waals surface area contributed by atoms with Gasteiger partial charge in [0.25, 0.3) is 0 Å². The molecule has 1 aliphatic carbocycles. The zero-order valence-electron chi connectivity index (χ0n) is 19.3. The lowest BCUT2D eigenvalue weighted by molar-refractivity contribution is 0.322. The van der Waals surface area contributed by atoms with E-state index in [0.29, 0.717) is 6.61 Å². The lowest BCUT2D eigenvalue weighted by Gasteiger charge is -2.38. The molecule has 0 unspecified atom stereocenters. The van der Waals surface area contributed by atoms with Crippen molar-refractivity contribution in [3.63, 3.8) is 0 Å². The molecule has 0 aromatic heterocycles. The van der Waals surface area contributed by atoms with Crippen LogP contribution in [0.2, 0.25) is 18.1 Å². The van der Waals surface area contributed by atoms with Crippen molar-refractivity contribution in [3.8, 4) is 0 Å². The average molecular weight is 441 g/mol. The predicted octanol–water partition coefficient (Wildman–Crippen LogP) is 7.24. The Hall–Kier alpha value is -1.41. The molecule has 0 radical (unpaired) electrons. The van der Waals surface area contributed by atoms with E-state index in [2.05, 4.69) is 33.9 Å². The molecule has 0 bridgehead atoms. The molecule has 0 saturated heterocycles. The van der Waals surface area contributed by atoms with Gasteiger partial charge in [0.15, 0.2) is 15.5 Å². The Bertz CT molecular complexity index is 860. The molecule has 0 N–H and O–H groups in total. The minimum Gasteiger partial charge on any atom is -0.412 e. The Kier molecular flexibility index (Phi) is 7.27. The van der Waals surface area contributed by atoms with Crippen molar-refractivity contribution in [2.45, 2.75) is 71.0 Å². The zero-order chi connectivity index (χ0) is 21.8. The van der Waals surface area contributed by atoms with Crippen LogP contribution < -0.4 is 10.6 Å². The van der Waals surface area contributed by atoms with Crippen LogP contribution in [0.3, 0.4) is 0 Å². The normalized spacial score (nSPS) is 15.8. The van der Waals surface area contributed by atoms with Crippen LogP contribution >= 0.6 is 7.14 Å². The molecule has 2 aromatic carbocycles. The van der Waals surface area contributed by atoms with Crippen LogP contribution in [-0.2, 0) is 8.99 Å². The van der Waals surface area contributed by atoms with Gasteiger partial charge in [-0.15, -0.1) is 0 Å². The molecule has 0 spiro atoms. The van der Waals surface area contributed by atoms with E-state index in [0.717, 1.165) is 28.8 Å². The van der Waals surface area contributed by atoms with Crippen molar-refractivity contribution in [2.24, 2.45) is 0 Å². The molecular formula is C26H37O2PSi. The van der Waals surface area contributed by atoms with Crippen LogP contribution in [0.15, 0.2) is 71.6 Å². The monoisotopic (exact) mass is 440 g/mol. The number of hydrogen-bond acceptors (Lipinski definition) is 2. The Balaban J connectivity index is 2.15. The molecule has 3 rings (SSSR count). The van der Waals surface area contributed by atoms with Gasteiger partial charge < -0.3 is 8.99 Å². The summed E-state index contributed by atoms with van der Waals surface area (Å²) in [4.78, 5) is 0. The molecule has 30 heavy (non-hydrogen) atoms. The summed E-state index contributed by atoms with van der Waals surface area (Å²) in [6.07, 6.45) is 5.71. The predicted molar refractivity (Wildman–Crippen MR) is 133 cm³/mol. The van der Waals surface area contributed by atoms with E-state index in [4.69, 9.17) is 4.43 Å². The molecular weight excluding hydrogens is 403 g/mol. The van der Waals surface area contributed by atoms with Crippen LogP contribution in [-0.4, -0.2) is 14.9 Å². The first-order valence-electron chi connectivity index (χ1n) is 11.2. The highest BCUT2D eigenvalue weighted by atomic mass is 31.2. The SMILES string of the molecule is CC(C)(C)[Si](C)(C)OCC(=C1CCCCC1)P(=O)(c1ccccc1)c1ccccc1. The molecule has 0 amide bonds. The fraction of sp³-hybridized carbons (Fsp3) is 0.462. The van der Waals surface area contributed by atoms with Crippen molar-refractivity contribution in [1.29, 1.82) is 0 Å². The molecule has 1 aliphatic rings. The van der Waals surface area contributed by atoms with Gasteiger partial charge in [-0.3, -0.25) is 0 Å². The average Bonchev–Trinajstić information content (AvgIpc) is 2.75. The molecule has 162 valence electrons. The van der Waals surface area contributed by atoms with E-state index < -0.39 is 15.5 Å². The van der Waals surface area contributed by atoms with E-state index in [9.17, 15) is 0 Å². The fourth-order valence-electron chi connectivity index (χ4n) is 3.88. The summed E-state index contributed by atoms with van der Waals surface area (Å²) in [5, 5.41) is 3.02. The van der Waals surface area contributed by atoms with Crippen LogP contribution in [0.25, 0.3) is 0 Å². The smallest absolute Gasteiger partial charge is 0.192 e. The first-order valence-corrected chi connectivity index (χ1v) is 15.8. The van der Waals surface area contributed by atoms with Crippen molar-refractivity contribution < 1.29 is 8.99 Å². The number of allylic oxidation sites excluding steroid dienone is 1. The minimum atomic E-state index is -2.96. The molecule has 0 atom stereocenters. The Labute approximate surface area is 184 Å². The zero-order valence-corrected chi connectivity index (χ0v) is 21.2. The fourth-order valence-corrected chi connectivity index (χ4v) is 7.97. The summed E-state index contributed by atoms with van der Waals surface area (Å²) in [5.74, 6) is 0. The third-order valence-corrected chi connectivity index (χ3v) is 14.6. The summed E-state index contributed by atoms with van der Waals surface area (Å²) >= 11 is 0. The lowest BCUT2D eigenvalue weighted by Crippen LogP contribution is -2.41. The summed E-state index contributed by atoms with van der Waals surface area (Å²) in [6.45, 7) is 11.8. The molecule has 2 aromatic rings. The summed E-state index contributed by atoms with van der Waals surface area (Å²) in [6, 6.07) is 20.1. The maximum atomic E-state index is 15.1. The number of rotatable bonds is 6. The van der Waals surface area contributed by atoms with Crippen molar-refractivity contribution in [2.75, 3.05) is 6.61 Å². The lowest BCUT2D eigenvalue weighted by atomic mass is 9.95. The number of hydrogen-bond donors (Lipinski definition) is 0.